The van der Waals surface area contributed by atoms with E-state index in [1.165, 1.54) is 36.4 Å². The molecule has 0 radical (unpaired) electrons. The third-order valence-electron chi connectivity index (χ3n) is 6.45. The number of aliphatic hydroxyl groups is 1. The molecule has 2 aromatic rings. The Kier molecular flexibility index (Phi) is 8.10. The number of carbonyl (C=O) groups is 1. The van der Waals surface area contributed by atoms with Crippen molar-refractivity contribution in [3.05, 3.63) is 70.8 Å². The molecule has 0 aliphatic carbocycles. The van der Waals surface area contributed by atoms with E-state index >= 15 is 0 Å². The quantitative estimate of drug-likeness (QED) is 0.321. The molecule has 16 heteroatoms. The lowest BCUT2D eigenvalue weighted by molar-refractivity contribution is -0.339. The number of rotatable bonds is 5. The Labute approximate surface area is 231 Å². The average Bonchev–Trinajstić information content (AvgIpc) is 3.26. The van der Waals surface area contributed by atoms with Gasteiger partial charge in [-0.1, -0.05) is 48.0 Å². The molecule has 6 nitrogen and oxygen atoms in total. The van der Waals surface area contributed by atoms with Gasteiger partial charge in [-0.25, -0.2) is 4.79 Å². The molecular weight excluding hydrogens is 597 g/mol. The largest absolute Gasteiger partial charge is 0.490 e. The van der Waals surface area contributed by atoms with Crippen molar-refractivity contribution in [2.75, 3.05) is 18.1 Å². The zero-order valence-electron chi connectivity index (χ0n) is 20.4. The molecule has 0 bridgehead atoms. The summed E-state index contributed by atoms with van der Waals surface area (Å²) in [5.74, 6) is -3.09. The van der Waals surface area contributed by atoms with Crippen LogP contribution in [0.15, 0.2) is 59.7 Å². The van der Waals surface area contributed by atoms with Crippen LogP contribution in [0.4, 0.5) is 45.2 Å². The monoisotopic (exact) mass is 615 g/mol. The van der Waals surface area contributed by atoms with Crippen LogP contribution in [0.5, 0.6) is 0 Å². The summed E-state index contributed by atoms with van der Waals surface area (Å²) in [5.41, 5.74) is -7.45. The fraction of sp³-hybridized carbons (Fsp3) is 0.360. The summed E-state index contributed by atoms with van der Waals surface area (Å²) in [6, 6.07) is 8.42. The topological polar surface area (TPSA) is 74.2 Å². The number of esters is 1. The lowest BCUT2D eigenvalue weighted by Gasteiger charge is -2.35. The smallest absolute Gasteiger partial charge is 0.447 e. The molecular formula is C25H19ClF9N3O3. The zero-order chi connectivity index (χ0) is 30.4. The first-order valence-corrected chi connectivity index (χ1v) is 12.1. The van der Waals surface area contributed by atoms with Crippen LogP contribution in [0, 0.1) is 0 Å². The van der Waals surface area contributed by atoms with Crippen LogP contribution in [0.2, 0.25) is 5.02 Å². The Balaban J connectivity index is 1.99. The van der Waals surface area contributed by atoms with Crippen LogP contribution in [-0.4, -0.2) is 60.1 Å². The van der Waals surface area contributed by atoms with E-state index in [1.54, 1.807) is 12.1 Å². The van der Waals surface area contributed by atoms with E-state index in [4.69, 9.17) is 11.6 Å². The first-order valence-electron chi connectivity index (χ1n) is 11.7. The molecule has 0 fully saturated rings. The van der Waals surface area contributed by atoms with Crippen molar-refractivity contribution >= 4 is 34.5 Å². The Morgan fingerprint density at radius 2 is 1.66 bits per heavy atom. The maximum absolute atomic E-state index is 14.0. The number of anilines is 1. The number of para-hydroxylation sites is 1. The van der Waals surface area contributed by atoms with Gasteiger partial charge in [0.2, 0.25) is 0 Å². The van der Waals surface area contributed by atoms with Gasteiger partial charge in [0, 0.05) is 6.54 Å². The fourth-order valence-electron chi connectivity index (χ4n) is 4.51. The van der Waals surface area contributed by atoms with Gasteiger partial charge in [-0.3, -0.25) is 5.01 Å². The third kappa shape index (κ3) is 5.75. The Bertz CT molecular complexity index is 1360. The lowest BCUT2D eigenvalue weighted by Crippen LogP contribution is -2.65. The normalized spacial score (nSPS) is 20.5. The molecule has 2 aliphatic heterocycles. The third-order valence-corrected chi connectivity index (χ3v) is 6.77. The van der Waals surface area contributed by atoms with E-state index in [0.29, 0.717) is 30.1 Å². The summed E-state index contributed by atoms with van der Waals surface area (Å²) in [5, 5.41) is 16.8. The van der Waals surface area contributed by atoms with Gasteiger partial charge in [0.1, 0.15) is 11.8 Å². The second-order valence-corrected chi connectivity index (χ2v) is 9.47. The van der Waals surface area contributed by atoms with Crippen LogP contribution < -0.4 is 10.3 Å². The summed E-state index contributed by atoms with van der Waals surface area (Å²) in [6.07, 6.45) is -19.7. The molecule has 222 valence electrons. The number of alkyl halides is 9. The van der Waals surface area contributed by atoms with Crippen molar-refractivity contribution in [2.45, 2.75) is 42.7 Å². The van der Waals surface area contributed by atoms with Gasteiger partial charge in [0.05, 0.1) is 10.7 Å². The molecule has 0 saturated heterocycles. The van der Waals surface area contributed by atoms with E-state index in [-0.39, 0.29) is 16.3 Å². The van der Waals surface area contributed by atoms with Crippen LogP contribution in [0.1, 0.15) is 23.6 Å². The molecule has 4 rings (SSSR count). The first-order chi connectivity index (χ1) is 19.0. The standard InChI is InChI=1S/C25H19ClF9N3O3/c26-16-6-1-2-7-17(16)38-18(15-5-3-4-14(12-15)13-8-10-36-11-9-13)19(41-21(39)23(27,28)29)20(37-38)22(40,24(30,31)32)25(33,34)35/h1-8,12,18-19,36,40H,9-11H2. The maximum Gasteiger partial charge on any atom is 0.490 e. The fourth-order valence-corrected chi connectivity index (χ4v) is 4.73. The van der Waals surface area contributed by atoms with E-state index in [9.17, 15) is 49.4 Å². The average molecular weight is 616 g/mol. The minimum Gasteiger partial charge on any atom is -0.447 e. The highest BCUT2D eigenvalue weighted by Gasteiger charge is 2.76. The number of nitrogens with one attached hydrogen (secondary N) is 1. The van der Waals surface area contributed by atoms with Crippen molar-refractivity contribution in [3.63, 3.8) is 0 Å². The molecule has 2 N–H and O–H groups in total. The van der Waals surface area contributed by atoms with Gasteiger partial charge >= 0.3 is 30.1 Å². The van der Waals surface area contributed by atoms with Crippen molar-refractivity contribution in [1.82, 2.24) is 5.32 Å². The molecule has 2 heterocycles. The van der Waals surface area contributed by atoms with Crippen molar-refractivity contribution < 1.29 is 54.2 Å². The Hall–Kier alpha value is -3.30. The Morgan fingerprint density at radius 1 is 1.00 bits per heavy atom. The predicted molar refractivity (Wildman–Crippen MR) is 129 cm³/mol. The SMILES string of the molecule is O=C(OC1C(C(O)(C(F)(F)F)C(F)(F)F)=NN(c2ccccc2Cl)C1c1cccc(C2=CCNCC2)c1)C(F)(F)F. The number of hydrazone groups is 1. The minimum atomic E-state index is -6.55. The molecule has 0 aromatic heterocycles. The highest BCUT2D eigenvalue weighted by Crippen LogP contribution is 2.50. The van der Waals surface area contributed by atoms with Crippen molar-refractivity contribution in [1.29, 1.82) is 0 Å². The lowest BCUT2D eigenvalue weighted by atomic mass is 9.86. The first kappa shape index (κ1) is 30.7. The van der Waals surface area contributed by atoms with Crippen molar-refractivity contribution in [2.24, 2.45) is 5.10 Å². The second-order valence-electron chi connectivity index (χ2n) is 9.06. The molecule has 2 aliphatic rings. The second kappa shape index (κ2) is 10.8. The summed E-state index contributed by atoms with van der Waals surface area (Å²) < 4.78 is 128. The molecule has 0 spiro atoms. The van der Waals surface area contributed by atoms with Crippen LogP contribution in [0.3, 0.4) is 0 Å². The van der Waals surface area contributed by atoms with E-state index < -0.39 is 48.0 Å². The molecule has 2 atom stereocenters. The molecule has 41 heavy (non-hydrogen) atoms. The minimum absolute atomic E-state index is 0.174. The van der Waals surface area contributed by atoms with Gasteiger partial charge in [-0.05, 0) is 47.9 Å². The van der Waals surface area contributed by atoms with Crippen LogP contribution in [0.25, 0.3) is 5.57 Å². The number of benzene rings is 2. The molecule has 0 saturated carbocycles. The predicted octanol–water partition coefficient (Wildman–Crippen LogP) is 5.96. The zero-order valence-corrected chi connectivity index (χ0v) is 21.2. The number of hydrogen-bond acceptors (Lipinski definition) is 6. The van der Waals surface area contributed by atoms with Gasteiger partial charge in [-0.15, -0.1) is 0 Å². The van der Waals surface area contributed by atoms with E-state index in [2.05, 4.69) is 15.2 Å². The number of carbonyl (C=O) groups excluding carboxylic acids is 1. The van der Waals surface area contributed by atoms with Gasteiger partial charge in [0.25, 0.3) is 0 Å². The van der Waals surface area contributed by atoms with Gasteiger partial charge in [0.15, 0.2) is 6.10 Å². The number of hydrogen-bond donors (Lipinski definition) is 2. The number of nitrogens with zero attached hydrogens (tertiary/aromatic N) is 2. The van der Waals surface area contributed by atoms with Gasteiger partial charge < -0.3 is 15.2 Å². The maximum atomic E-state index is 14.0. The van der Waals surface area contributed by atoms with Crippen molar-refractivity contribution in [3.8, 4) is 0 Å². The molecule has 0 amide bonds. The highest BCUT2D eigenvalue weighted by atomic mass is 35.5. The van der Waals surface area contributed by atoms with Crippen LogP contribution in [-0.2, 0) is 9.53 Å². The summed E-state index contributed by atoms with van der Waals surface area (Å²) in [4.78, 5) is 11.9. The Morgan fingerprint density at radius 3 is 2.22 bits per heavy atom. The van der Waals surface area contributed by atoms with Crippen LogP contribution >= 0.6 is 11.6 Å². The molecule has 2 aromatic carbocycles. The summed E-state index contributed by atoms with van der Waals surface area (Å²) >= 11 is 6.16. The number of halogens is 10. The summed E-state index contributed by atoms with van der Waals surface area (Å²) in [7, 11) is 0. The summed E-state index contributed by atoms with van der Waals surface area (Å²) in [6.45, 7) is 1.01. The highest BCUT2D eigenvalue weighted by molar-refractivity contribution is 6.33. The van der Waals surface area contributed by atoms with E-state index in [1.807, 2.05) is 0 Å². The van der Waals surface area contributed by atoms with E-state index in [0.717, 1.165) is 11.6 Å². The number of ether oxygens (including phenoxy) is 1. The molecule has 2 unspecified atom stereocenters. The van der Waals surface area contributed by atoms with Gasteiger partial charge in [-0.2, -0.15) is 44.6 Å².